The van der Waals surface area contributed by atoms with E-state index in [0.29, 0.717) is 17.6 Å². The molecule has 0 radical (unpaired) electrons. The van der Waals surface area contributed by atoms with Crippen LogP contribution < -0.4 is 10.9 Å². The predicted molar refractivity (Wildman–Crippen MR) is 116 cm³/mol. The molecule has 29 heavy (non-hydrogen) atoms. The smallest absolute Gasteiger partial charge is 0.269 e. The Hall–Kier alpha value is -2.99. The minimum atomic E-state index is -0.275. The monoisotopic (exact) mass is 392 g/mol. The van der Waals surface area contributed by atoms with Gasteiger partial charge >= 0.3 is 0 Å². The molecular formula is C23H28N4O2. The van der Waals surface area contributed by atoms with Crippen LogP contribution in [0, 0.1) is 0 Å². The van der Waals surface area contributed by atoms with Gasteiger partial charge in [-0.2, -0.15) is 0 Å². The molecule has 152 valence electrons. The number of hydrogen-bond acceptors (Lipinski definition) is 4. The fourth-order valence-electron chi connectivity index (χ4n) is 3.67. The van der Waals surface area contributed by atoms with E-state index in [1.807, 2.05) is 42.5 Å². The van der Waals surface area contributed by atoms with E-state index in [-0.39, 0.29) is 24.1 Å². The first-order valence-electron chi connectivity index (χ1n) is 10.1. The molecule has 0 spiro atoms. The number of amides is 1. The summed E-state index contributed by atoms with van der Waals surface area (Å²) in [6.45, 7) is 6.61. The number of fused-ring (bicyclic) bond motifs is 1. The number of nitrogens with zero attached hydrogens (tertiary/aromatic N) is 3. The molecule has 1 N–H and O–H groups in total. The van der Waals surface area contributed by atoms with Gasteiger partial charge in [0.15, 0.2) is 0 Å². The van der Waals surface area contributed by atoms with Crippen molar-refractivity contribution < 1.29 is 4.79 Å². The topological polar surface area (TPSA) is 67.2 Å². The molecule has 3 rings (SSSR count). The first-order valence-corrected chi connectivity index (χ1v) is 10.1. The molecule has 1 heterocycles. The van der Waals surface area contributed by atoms with Gasteiger partial charge in [-0.1, -0.05) is 56.3 Å². The van der Waals surface area contributed by atoms with E-state index in [2.05, 4.69) is 41.2 Å². The maximum absolute atomic E-state index is 12.7. The van der Waals surface area contributed by atoms with E-state index in [1.54, 1.807) is 0 Å². The molecule has 3 aromatic rings. The molecule has 1 aromatic heterocycles. The Morgan fingerprint density at radius 3 is 2.48 bits per heavy atom. The third kappa shape index (κ3) is 5.29. The summed E-state index contributed by atoms with van der Waals surface area (Å²) in [4.78, 5) is 31.4. The van der Waals surface area contributed by atoms with Crippen LogP contribution in [0.1, 0.15) is 19.4 Å². The Morgan fingerprint density at radius 2 is 1.76 bits per heavy atom. The van der Waals surface area contributed by atoms with Gasteiger partial charge in [-0.15, -0.1) is 0 Å². The molecule has 0 fully saturated rings. The highest BCUT2D eigenvalue weighted by Gasteiger charge is 2.18. The summed E-state index contributed by atoms with van der Waals surface area (Å²) in [6.07, 6.45) is 2.13. The lowest BCUT2D eigenvalue weighted by molar-refractivity contribution is -0.121. The van der Waals surface area contributed by atoms with Crippen LogP contribution in [0.5, 0.6) is 0 Å². The standard InChI is InChI=1S/C23H28N4O2/c1-3-26(4-2)19(14-18-10-6-5-7-11-18)15-25-22(28)17-27-21-13-9-8-12-20(21)24-16-23(27)29/h5-13,16,19H,3-4,14-15,17H2,1-2H3,(H,25,28). The minimum Gasteiger partial charge on any atom is -0.353 e. The van der Waals surface area contributed by atoms with Gasteiger partial charge in [0.25, 0.3) is 5.56 Å². The largest absolute Gasteiger partial charge is 0.353 e. The van der Waals surface area contributed by atoms with Gasteiger partial charge in [-0.05, 0) is 37.2 Å². The summed E-state index contributed by atoms with van der Waals surface area (Å²) < 4.78 is 1.47. The van der Waals surface area contributed by atoms with Crippen LogP contribution in [0.3, 0.4) is 0 Å². The molecule has 2 aromatic carbocycles. The molecule has 1 unspecified atom stereocenters. The van der Waals surface area contributed by atoms with Crippen LogP contribution in [-0.4, -0.2) is 46.0 Å². The predicted octanol–water partition coefficient (Wildman–Crippen LogP) is 2.47. The zero-order valence-electron chi connectivity index (χ0n) is 17.0. The number of likely N-dealkylation sites (N-methyl/N-ethyl adjacent to an activating group) is 1. The maximum Gasteiger partial charge on any atom is 0.269 e. The fourth-order valence-corrected chi connectivity index (χ4v) is 3.67. The molecule has 6 nitrogen and oxygen atoms in total. The number of carbonyl (C=O) groups is 1. The second-order valence-corrected chi connectivity index (χ2v) is 7.04. The van der Waals surface area contributed by atoms with Gasteiger partial charge in [0.2, 0.25) is 5.91 Å². The van der Waals surface area contributed by atoms with Crippen LogP contribution in [0.15, 0.2) is 65.6 Å². The third-order valence-electron chi connectivity index (χ3n) is 5.23. The summed E-state index contributed by atoms with van der Waals surface area (Å²) in [7, 11) is 0. The Morgan fingerprint density at radius 1 is 1.07 bits per heavy atom. The maximum atomic E-state index is 12.7. The highest BCUT2D eigenvalue weighted by molar-refractivity contribution is 5.79. The van der Waals surface area contributed by atoms with Gasteiger partial charge in [-0.3, -0.25) is 19.1 Å². The second kappa shape index (κ2) is 9.98. The van der Waals surface area contributed by atoms with Crippen LogP contribution in [0.25, 0.3) is 11.0 Å². The Bertz CT molecular complexity index is 996. The summed E-state index contributed by atoms with van der Waals surface area (Å²) in [5, 5.41) is 3.03. The Balaban J connectivity index is 1.70. The molecular weight excluding hydrogens is 364 g/mol. The lowest BCUT2D eigenvalue weighted by Crippen LogP contribution is -2.46. The summed E-state index contributed by atoms with van der Waals surface area (Å²) in [5.74, 6) is -0.173. The van der Waals surface area contributed by atoms with E-state index >= 15 is 0 Å². The first-order chi connectivity index (χ1) is 14.1. The minimum absolute atomic E-state index is 0.0157. The molecule has 0 saturated heterocycles. The highest BCUT2D eigenvalue weighted by atomic mass is 16.2. The van der Waals surface area contributed by atoms with Crippen molar-refractivity contribution in [1.29, 1.82) is 0 Å². The molecule has 0 aliphatic carbocycles. The average Bonchev–Trinajstić information content (AvgIpc) is 2.75. The summed E-state index contributed by atoms with van der Waals surface area (Å²) in [6, 6.07) is 17.8. The quantitative estimate of drug-likeness (QED) is 0.607. The van der Waals surface area contributed by atoms with Gasteiger partial charge in [-0.25, -0.2) is 4.98 Å². The van der Waals surface area contributed by atoms with Crippen LogP contribution in [0.4, 0.5) is 0 Å². The van der Waals surface area contributed by atoms with Gasteiger partial charge in [0.05, 0.1) is 17.2 Å². The number of rotatable bonds is 9. The van der Waals surface area contributed by atoms with Gasteiger partial charge in [0.1, 0.15) is 6.54 Å². The Kier molecular flexibility index (Phi) is 7.14. The number of hydrogen-bond donors (Lipinski definition) is 1. The lowest BCUT2D eigenvalue weighted by atomic mass is 10.0. The second-order valence-electron chi connectivity index (χ2n) is 7.04. The van der Waals surface area contributed by atoms with Crippen LogP contribution in [0.2, 0.25) is 0 Å². The lowest BCUT2D eigenvalue weighted by Gasteiger charge is -2.30. The van der Waals surface area contributed by atoms with Crippen molar-refractivity contribution in [3.63, 3.8) is 0 Å². The molecule has 0 aliphatic heterocycles. The van der Waals surface area contributed by atoms with Gasteiger partial charge in [0, 0.05) is 12.6 Å². The van der Waals surface area contributed by atoms with Crippen molar-refractivity contribution in [1.82, 2.24) is 19.8 Å². The molecule has 0 saturated carbocycles. The van der Waals surface area contributed by atoms with E-state index in [9.17, 15) is 9.59 Å². The van der Waals surface area contributed by atoms with Gasteiger partial charge < -0.3 is 5.32 Å². The van der Waals surface area contributed by atoms with E-state index < -0.39 is 0 Å². The molecule has 0 aliphatic rings. The highest BCUT2D eigenvalue weighted by Crippen LogP contribution is 2.10. The van der Waals surface area contributed by atoms with Crippen LogP contribution >= 0.6 is 0 Å². The number of para-hydroxylation sites is 2. The Labute approximate surface area is 171 Å². The normalized spacial score (nSPS) is 12.2. The average molecular weight is 393 g/mol. The van der Waals surface area contributed by atoms with Crippen LogP contribution in [-0.2, 0) is 17.8 Å². The molecule has 6 heteroatoms. The molecule has 1 amide bonds. The zero-order valence-corrected chi connectivity index (χ0v) is 17.0. The number of nitrogens with one attached hydrogen (secondary N) is 1. The number of aromatic nitrogens is 2. The van der Waals surface area contributed by atoms with Crippen molar-refractivity contribution in [3.05, 3.63) is 76.7 Å². The van der Waals surface area contributed by atoms with Crippen molar-refractivity contribution in [3.8, 4) is 0 Å². The summed E-state index contributed by atoms with van der Waals surface area (Å²) in [5.41, 5.74) is 2.34. The van der Waals surface area contributed by atoms with Crippen molar-refractivity contribution >= 4 is 16.9 Å². The molecule has 0 bridgehead atoms. The van der Waals surface area contributed by atoms with E-state index in [4.69, 9.17) is 0 Å². The number of carbonyl (C=O) groups excluding carboxylic acids is 1. The van der Waals surface area contributed by atoms with E-state index in [0.717, 1.165) is 19.5 Å². The number of benzene rings is 2. The zero-order chi connectivity index (χ0) is 20.6. The third-order valence-corrected chi connectivity index (χ3v) is 5.23. The van der Waals surface area contributed by atoms with Crippen molar-refractivity contribution in [2.75, 3.05) is 19.6 Å². The first kappa shape index (κ1) is 20.7. The SMILES string of the molecule is CCN(CC)C(CNC(=O)Cn1c(=O)cnc2ccccc21)Cc1ccccc1. The van der Waals surface area contributed by atoms with E-state index in [1.165, 1.54) is 16.3 Å². The molecule has 1 atom stereocenters. The summed E-state index contributed by atoms with van der Waals surface area (Å²) >= 11 is 0. The van der Waals surface area contributed by atoms with Crippen molar-refractivity contribution in [2.45, 2.75) is 32.9 Å². The van der Waals surface area contributed by atoms with Crippen molar-refractivity contribution in [2.24, 2.45) is 0 Å². The fraction of sp³-hybridized carbons (Fsp3) is 0.348.